The Morgan fingerprint density at radius 1 is 1.09 bits per heavy atom. The Bertz CT molecular complexity index is 389. The summed E-state index contributed by atoms with van der Waals surface area (Å²) in [6.07, 6.45) is 2.54. The number of hydrogen-bond donors (Lipinski definition) is 3. The summed E-state index contributed by atoms with van der Waals surface area (Å²) in [5.41, 5.74) is 0. The molecule has 1 saturated heterocycles. The predicted octanol–water partition coefficient (Wildman–Crippen LogP) is -0.0639. The van der Waals surface area contributed by atoms with E-state index in [1.165, 1.54) is 0 Å². The zero-order valence-corrected chi connectivity index (χ0v) is 13.9. The van der Waals surface area contributed by atoms with Crippen LogP contribution in [0.2, 0.25) is 0 Å². The van der Waals surface area contributed by atoms with Crippen LogP contribution in [0, 0.1) is 5.92 Å². The van der Waals surface area contributed by atoms with Crippen LogP contribution in [0.1, 0.15) is 33.1 Å². The molecule has 22 heavy (non-hydrogen) atoms. The largest absolute Gasteiger partial charge is 0.359 e. The molecule has 3 N–H and O–H groups in total. The van der Waals surface area contributed by atoms with Crippen LogP contribution in [0.3, 0.4) is 0 Å². The van der Waals surface area contributed by atoms with Crippen LogP contribution in [0.4, 0.5) is 0 Å². The maximum Gasteiger partial charge on any atom is 0.241 e. The van der Waals surface area contributed by atoms with Crippen molar-refractivity contribution in [3.63, 3.8) is 0 Å². The van der Waals surface area contributed by atoms with E-state index in [4.69, 9.17) is 0 Å². The quantitative estimate of drug-likeness (QED) is 0.474. The second kappa shape index (κ2) is 10.0. The minimum absolute atomic E-state index is 0.0626. The molecular formula is C15H29N5O2. The summed E-state index contributed by atoms with van der Waals surface area (Å²) >= 11 is 0. The molecule has 0 radical (unpaired) electrons. The van der Waals surface area contributed by atoms with Crippen molar-refractivity contribution < 1.29 is 9.59 Å². The van der Waals surface area contributed by atoms with Gasteiger partial charge in [-0.1, -0.05) is 0 Å². The number of likely N-dealkylation sites (N-methyl/N-ethyl adjacent to an activating group) is 1. The van der Waals surface area contributed by atoms with Gasteiger partial charge in [0, 0.05) is 39.6 Å². The fraction of sp³-hybridized carbons (Fsp3) is 0.800. The summed E-state index contributed by atoms with van der Waals surface area (Å²) in [4.78, 5) is 29.5. The summed E-state index contributed by atoms with van der Waals surface area (Å²) in [7, 11) is 1.68. The van der Waals surface area contributed by atoms with Crippen molar-refractivity contribution in [2.75, 3.05) is 39.8 Å². The Kier molecular flexibility index (Phi) is 8.32. The molecule has 1 heterocycles. The SMILES string of the molecule is CCNC(=O)CN=C(NCC)N1CCC(CC(=O)NC)CC1. The Balaban J connectivity index is 2.50. The molecule has 1 aliphatic rings. The third-order valence-corrected chi connectivity index (χ3v) is 3.75. The molecule has 0 bridgehead atoms. The second-order valence-electron chi connectivity index (χ2n) is 5.43. The standard InChI is InChI=1S/C15H29N5O2/c1-4-17-14(22)11-19-15(18-5-2)20-8-6-12(7-9-20)10-13(21)16-3/h12H,4-11H2,1-3H3,(H,16,21)(H,17,22)(H,18,19). The van der Waals surface area contributed by atoms with Crippen LogP contribution >= 0.6 is 0 Å². The van der Waals surface area contributed by atoms with E-state index in [2.05, 4.69) is 25.8 Å². The van der Waals surface area contributed by atoms with E-state index in [9.17, 15) is 9.59 Å². The maximum absolute atomic E-state index is 11.5. The first-order valence-corrected chi connectivity index (χ1v) is 8.11. The Morgan fingerprint density at radius 2 is 1.73 bits per heavy atom. The third-order valence-electron chi connectivity index (χ3n) is 3.75. The predicted molar refractivity (Wildman–Crippen MR) is 87.6 cm³/mol. The highest BCUT2D eigenvalue weighted by molar-refractivity contribution is 5.85. The number of carbonyl (C=O) groups is 2. The van der Waals surface area contributed by atoms with Gasteiger partial charge in [-0.25, -0.2) is 4.99 Å². The van der Waals surface area contributed by atoms with E-state index >= 15 is 0 Å². The van der Waals surface area contributed by atoms with Crippen LogP contribution in [0.25, 0.3) is 0 Å². The number of rotatable bonds is 6. The molecule has 0 aromatic rings. The Labute approximate surface area is 132 Å². The van der Waals surface area contributed by atoms with E-state index in [1.807, 2.05) is 13.8 Å². The van der Waals surface area contributed by atoms with Crippen LogP contribution in [-0.4, -0.2) is 62.4 Å². The third kappa shape index (κ3) is 6.32. The van der Waals surface area contributed by atoms with Crippen molar-refractivity contribution in [3.05, 3.63) is 0 Å². The van der Waals surface area contributed by atoms with Crippen molar-refractivity contribution in [2.45, 2.75) is 33.1 Å². The lowest BCUT2D eigenvalue weighted by atomic mass is 9.93. The molecule has 126 valence electrons. The van der Waals surface area contributed by atoms with E-state index in [0.29, 0.717) is 18.9 Å². The second-order valence-corrected chi connectivity index (χ2v) is 5.43. The van der Waals surface area contributed by atoms with Gasteiger partial charge in [0.1, 0.15) is 6.54 Å². The smallest absolute Gasteiger partial charge is 0.241 e. The molecule has 1 fully saturated rings. The van der Waals surface area contributed by atoms with E-state index in [1.54, 1.807) is 7.05 Å². The molecule has 1 aliphatic heterocycles. The van der Waals surface area contributed by atoms with Gasteiger partial charge in [-0.05, 0) is 32.6 Å². The van der Waals surface area contributed by atoms with Crippen LogP contribution in [0.5, 0.6) is 0 Å². The molecule has 0 aliphatic carbocycles. The number of nitrogens with one attached hydrogen (secondary N) is 3. The zero-order chi connectivity index (χ0) is 16.4. The molecule has 0 saturated carbocycles. The molecule has 7 heteroatoms. The topological polar surface area (TPSA) is 85.8 Å². The number of likely N-dealkylation sites (tertiary alicyclic amines) is 1. The van der Waals surface area contributed by atoms with Gasteiger partial charge in [-0.2, -0.15) is 0 Å². The lowest BCUT2D eigenvalue weighted by Crippen LogP contribution is -2.46. The first-order chi connectivity index (χ1) is 10.6. The van der Waals surface area contributed by atoms with Gasteiger partial charge < -0.3 is 20.9 Å². The highest BCUT2D eigenvalue weighted by atomic mass is 16.2. The summed E-state index contributed by atoms with van der Waals surface area (Å²) in [5, 5.41) is 8.66. The van der Waals surface area contributed by atoms with Gasteiger partial charge in [0.15, 0.2) is 5.96 Å². The number of nitrogens with zero attached hydrogens (tertiary/aromatic N) is 2. The van der Waals surface area contributed by atoms with Gasteiger partial charge in [0.2, 0.25) is 11.8 Å². The van der Waals surface area contributed by atoms with Gasteiger partial charge in [-0.15, -0.1) is 0 Å². The average molecular weight is 311 g/mol. The molecule has 1 rings (SSSR count). The number of aliphatic imine (C=N–C) groups is 1. The molecule has 2 amide bonds. The Morgan fingerprint density at radius 3 is 2.27 bits per heavy atom. The van der Waals surface area contributed by atoms with Crippen LogP contribution in [0.15, 0.2) is 4.99 Å². The van der Waals surface area contributed by atoms with Crippen molar-refractivity contribution in [1.82, 2.24) is 20.9 Å². The molecule has 0 unspecified atom stereocenters. The molecule has 0 aromatic heterocycles. The fourth-order valence-corrected chi connectivity index (χ4v) is 2.54. The highest BCUT2D eigenvalue weighted by Crippen LogP contribution is 2.20. The van der Waals surface area contributed by atoms with Crippen molar-refractivity contribution >= 4 is 17.8 Å². The van der Waals surface area contributed by atoms with Gasteiger partial charge >= 0.3 is 0 Å². The number of guanidine groups is 1. The van der Waals surface area contributed by atoms with E-state index < -0.39 is 0 Å². The molecule has 0 spiro atoms. The summed E-state index contributed by atoms with van der Waals surface area (Å²) in [6.45, 7) is 7.17. The summed E-state index contributed by atoms with van der Waals surface area (Å²) in [6, 6.07) is 0. The van der Waals surface area contributed by atoms with E-state index in [-0.39, 0.29) is 18.4 Å². The van der Waals surface area contributed by atoms with Crippen molar-refractivity contribution in [2.24, 2.45) is 10.9 Å². The number of hydrogen-bond acceptors (Lipinski definition) is 3. The van der Waals surface area contributed by atoms with Gasteiger partial charge in [0.25, 0.3) is 0 Å². The lowest BCUT2D eigenvalue weighted by Gasteiger charge is -2.34. The van der Waals surface area contributed by atoms with Crippen LogP contribution in [-0.2, 0) is 9.59 Å². The Hall–Kier alpha value is -1.79. The fourth-order valence-electron chi connectivity index (χ4n) is 2.54. The molecule has 7 nitrogen and oxygen atoms in total. The molecular weight excluding hydrogens is 282 g/mol. The monoisotopic (exact) mass is 311 g/mol. The minimum Gasteiger partial charge on any atom is -0.359 e. The van der Waals surface area contributed by atoms with Crippen molar-refractivity contribution in [3.8, 4) is 0 Å². The molecule has 0 aromatic carbocycles. The first-order valence-electron chi connectivity index (χ1n) is 8.11. The number of amides is 2. The summed E-state index contributed by atoms with van der Waals surface area (Å²) in [5.74, 6) is 1.26. The van der Waals surface area contributed by atoms with Gasteiger partial charge in [0.05, 0.1) is 0 Å². The van der Waals surface area contributed by atoms with Crippen molar-refractivity contribution in [1.29, 1.82) is 0 Å². The van der Waals surface area contributed by atoms with Crippen LogP contribution < -0.4 is 16.0 Å². The molecule has 0 atom stereocenters. The average Bonchev–Trinajstić information content (AvgIpc) is 2.52. The van der Waals surface area contributed by atoms with Gasteiger partial charge in [-0.3, -0.25) is 9.59 Å². The summed E-state index contributed by atoms with van der Waals surface area (Å²) < 4.78 is 0. The number of carbonyl (C=O) groups excluding carboxylic acids is 2. The minimum atomic E-state index is -0.0626. The normalized spacial score (nSPS) is 16.3. The lowest BCUT2D eigenvalue weighted by molar-refractivity contribution is -0.122. The zero-order valence-electron chi connectivity index (χ0n) is 13.9. The number of piperidine rings is 1. The maximum atomic E-state index is 11.5. The first kappa shape index (κ1) is 18.3. The van der Waals surface area contributed by atoms with E-state index in [0.717, 1.165) is 38.4 Å². The highest BCUT2D eigenvalue weighted by Gasteiger charge is 2.23.